The molecule has 13 heavy (non-hydrogen) atoms. The smallest absolute Gasteiger partial charge is 0.188 e. The van der Waals surface area contributed by atoms with Crippen molar-refractivity contribution < 1.29 is 4.79 Å². The predicted octanol–water partition coefficient (Wildman–Crippen LogP) is 2.19. The van der Waals surface area contributed by atoms with Crippen molar-refractivity contribution in [2.24, 2.45) is 0 Å². The van der Waals surface area contributed by atoms with Crippen LogP contribution in [-0.4, -0.2) is 23.5 Å². The fraction of sp³-hybridized carbons (Fsp3) is 0.900. The van der Waals surface area contributed by atoms with E-state index in [1.165, 1.54) is 31.0 Å². The maximum absolute atomic E-state index is 11.0. The van der Waals surface area contributed by atoms with Gasteiger partial charge in [-0.15, -0.1) is 0 Å². The summed E-state index contributed by atoms with van der Waals surface area (Å²) < 4.78 is 0. The summed E-state index contributed by atoms with van der Waals surface area (Å²) in [7, 11) is 0. The normalized spacial score (nSPS) is 23.0. The highest BCUT2D eigenvalue weighted by atomic mass is 32.2. The zero-order valence-electron chi connectivity index (χ0n) is 8.34. The van der Waals surface area contributed by atoms with Crippen LogP contribution in [0.3, 0.4) is 0 Å². The highest BCUT2D eigenvalue weighted by Crippen LogP contribution is 2.14. The summed E-state index contributed by atoms with van der Waals surface area (Å²) in [6, 6.07) is 0.672. The number of hydrogen-bond acceptors (Lipinski definition) is 3. The van der Waals surface area contributed by atoms with E-state index in [0.29, 0.717) is 17.6 Å². The summed E-state index contributed by atoms with van der Waals surface area (Å²) in [6.45, 7) is 3.09. The number of carbonyl (C=O) groups is 1. The van der Waals surface area contributed by atoms with E-state index in [4.69, 9.17) is 0 Å². The number of thioether (sulfide) groups is 1. The van der Waals surface area contributed by atoms with E-state index in [2.05, 4.69) is 5.32 Å². The first-order chi connectivity index (χ1) is 6.33. The molecule has 0 aliphatic carbocycles. The zero-order valence-corrected chi connectivity index (χ0v) is 9.16. The minimum absolute atomic E-state index is 0.329. The van der Waals surface area contributed by atoms with Crippen LogP contribution < -0.4 is 5.32 Å². The molecule has 1 unspecified atom stereocenters. The van der Waals surface area contributed by atoms with Gasteiger partial charge in [0.1, 0.15) is 0 Å². The number of nitrogens with one attached hydrogen (secondary N) is 1. The Morgan fingerprint density at radius 3 is 3.00 bits per heavy atom. The first-order valence-electron chi connectivity index (χ1n) is 5.22. The topological polar surface area (TPSA) is 29.1 Å². The van der Waals surface area contributed by atoms with Crippen molar-refractivity contribution in [1.82, 2.24) is 5.32 Å². The van der Waals surface area contributed by atoms with Gasteiger partial charge in [-0.05, 0) is 25.8 Å². The van der Waals surface area contributed by atoms with Crippen LogP contribution in [0, 0.1) is 0 Å². The van der Waals surface area contributed by atoms with Gasteiger partial charge in [0.2, 0.25) is 0 Å². The van der Waals surface area contributed by atoms with E-state index in [1.54, 1.807) is 0 Å². The lowest BCUT2D eigenvalue weighted by Crippen LogP contribution is -2.34. The molecule has 3 heteroatoms. The van der Waals surface area contributed by atoms with Crippen molar-refractivity contribution >= 4 is 16.9 Å². The molecule has 0 aromatic heterocycles. The van der Waals surface area contributed by atoms with Crippen LogP contribution in [0.1, 0.15) is 39.0 Å². The fourth-order valence-corrected chi connectivity index (χ4v) is 2.42. The Labute approximate surface area is 84.9 Å². The van der Waals surface area contributed by atoms with Crippen LogP contribution in [0.25, 0.3) is 0 Å². The molecule has 1 heterocycles. The second kappa shape index (κ2) is 6.44. The lowest BCUT2D eigenvalue weighted by molar-refractivity contribution is -0.110. The lowest BCUT2D eigenvalue weighted by Gasteiger charge is -2.22. The first-order valence-corrected chi connectivity index (χ1v) is 6.20. The Morgan fingerprint density at radius 2 is 2.38 bits per heavy atom. The molecule has 76 valence electrons. The molecule has 0 amide bonds. The predicted molar refractivity (Wildman–Crippen MR) is 58.0 cm³/mol. The van der Waals surface area contributed by atoms with Gasteiger partial charge in [-0.1, -0.05) is 25.1 Å². The molecule has 1 rings (SSSR count). The summed E-state index contributed by atoms with van der Waals surface area (Å²) in [4.78, 5) is 11.0. The second-order valence-electron chi connectivity index (χ2n) is 3.51. The molecule has 1 fully saturated rings. The van der Waals surface area contributed by atoms with Crippen LogP contribution in [0.15, 0.2) is 0 Å². The maximum atomic E-state index is 11.0. The van der Waals surface area contributed by atoms with E-state index in [-0.39, 0.29) is 0 Å². The average molecular weight is 201 g/mol. The summed E-state index contributed by atoms with van der Waals surface area (Å²) >= 11 is 1.49. The average Bonchev–Trinajstić information content (AvgIpc) is 2.19. The monoisotopic (exact) mass is 201 g/mol. The summed E-state index contributed by atoms with van der Waals surface area (Å²) in [5.41, 5.74) is 0. The highest BCUT2D eigenvalue weighted by molar-refractivity contribution is 8.13. The Morgan fingerprint density at radius 1 is 1.54 bits per heavy atom. The number of rotatable bonds is 4. The molecule has 0 bridgehead atoms. The highest BCUT2D eigenvalue weighted by Gasteiger charge is 2.12. The maximum Gasteiger partial charge on any atom is 0.188 e. The van der Waals surface area contributed by atoms with Crippen LogP contribution in [0.4, 0.5) is 0 Å². The van der Waals surface area contributed by atoms with Crippen LogP contribution in [0.5, 0.6) is 0 Å². The minimum atomic E-state index is 0.329. The van der Waals surface area contributed by atoms with Crippen molar-refractivity contribution in [3.8, 4) is 0 Å². The molecule has 1 aliphatic heterocycles. The quantitative estimate of drug-likeness (QED) is 0.756. The van der Waals surface area contributed by atoms with E-state index in [0.717, 1.165) is 18.7 Å². The van der Waals surface area contributed by atoms with Crippen LogP contribution >= 0.6 is 11.8 Å². The number of hydrogen-bond donors (Lipinski definition) is 1. The molecular weight excluding hydrogens is 182 g/mol. The van der Waals surface area contributed by atoms with Crippen LogP contribution in [-0.2, 0) is 4.79 Å². The van der Waals surface area contributed by atoms with Crippen molar-refractivity contribution in [3.05, 3.63) is 0 Å². The Balaban J connectivity index is 2.01. The first kappa shape index (κ1) is 11.1. The van der Waals surface area contributed by atoms with Gasteiger partial charge in [-0.3, -0.25) is 4.79 Å². The second-order valence-corrected chi connectivity index (χ2v) is 4.66. The van der Waals surface area contributed by atoms with Gasteiger partial charge >= 0.3 is 0 Å². The van der Waals surface area contributed by atoms with Gasteiger partial charge in [0, 0.05) is 18.2 Å². The molecule has 0 saturated carbocycles. The van der Waals surface area contributed by atoms with Crippen molar-refractivity contribution in [2.45, 2.75) is 45.1 Å². The molecule has 1 saturated heterocycles. The van der Waals surface area contributed by atoms with Crippen molar-refractivity contribution in [3.63, 3.8) is 0 Å². The molecule has 0 aromatic carbocycles. The minimum Gasteiger partial charge on any atom is -0.314 e. The molecule has 1 N–H and O–H groups in total. The Bertz CT molecular complexity index is 155. The molecular formula is C10H19NOS. The Kier molecular flexibility index (Phi) is 5.47. The lowest BCUT2D eigenvalue weighted by atomic mass is 10.0. The zero-order chi connectivity index (χ0) is 9.52. The molecule has 0 radical (unpaired) electrons. The SMILES string of the molecule is CCC(=O)SCCC1CCCCN1. The van der Waals surface area contributed by atoms with Crippen molar-refractivity contribution in [2.75, 3.05) is 12.3 Å². The largest absolute Gasteiger partial charge is 0.314 e. The van der Waals surface area contributed by atoms with Gasteiger partial charge in [0.25, 0.3) is 0 Å². The van der Waals surface area contributed by atoms with Gasteiger partial charge in [0.15, 0.2) is 5.12 Å². The fourth-order valence-electron chi connectivity index (χ4n) is 1.59. The summed E-state index contributed by atoms with van der Waals surface area (Å²) in [5.74, 6) is 0.990. The third-order valence-corrected chi connectivity index (χ3v) is 3.48. The van der Waals surface area contributed by atoms with Gasteiger partial charge in [0.05, 0.1) is 0 Å². The van der Waals surface area contributed by atoms with Gasteiger partial charge < -0.3 is 5.32 Å². The Hall–Kier alpha value is -0.0200. The number of carbonyl (C=O) groups excluding carboxylic acids is 1. The van der Waals surface area contributed by atoms with Crippen LogP contribution in [0.2, 0.25) is 0 Å². The molecule has 0 spiro atoms. The van der Waals surface area contributed by atoms with Gasteiger partial charge in [-0.25, -0.2) is 0 Å². The molecule has 2 nitrogen and oxygen atoms in total. The third-order valence-electron chi connectivity index (χ3n) is 2.43. The van der Waals surface area contributed by atoms with Crippen molar-refractivity contribution in [1.29, 1.82) is 0 Å². The van der Waals surface area contributed by atoms with E-state index in [9.17, 15) is 4.79 Å². The molecule has 1 aliphatic rings. The summed E-state index contributed by atoms with van der Waals surface area (Å²) in [6.07, 6.45) is 5.78. The van der Waals surface area contributed by atoms with Gasteiger partial charge in [-0.2, -0.15) is 0 Å². The van der Waals surface area contributed by atoms with E-state index < -0.39 is 0 Å². The van der Waals surface area contributed by atoms with E-state index in [1.807, 2.05) is 6.92 Å². The molecule has 1 atom stereocenters. The summed E-state index contributed by atoms with van der Waals surface area (Å²) in [5, 5.41) is 3.82. The standard InChI is InChI=1S/C10H19NOS/c1-2-10(12)13-8-6-9-5-3-4-7-11-9/h9,11H,2-8H2,1H3. The molecule has 0 aromatic rings. The number of piperidine rings is 1. The third kappa shape index (κ3) is 4.67. The van der Waals surface area contributed by atoms with E-state index >= 15 is 0 Å².